The van der Waals surface area contributed by atoms with E-state index in [1.807, 2.05) is 24.3 Å². The van der Waals surface area contributed by atoms with Gasteiger partial charge in [-0.2, -0.15) is 0 Å². The summed E-state index contributed by atoms with van der Waals surface area (Å²) >= 11 is 0. The van der Waals surface area contributed by atoms with Crippen molar-refractivity contribution < 1.29 is 14.0 Å². The fourth-order valence-corrected chi connectivity index (χ4v) is 2.67. The van der Waals surface area contributed by atoms with Crippen LogP contribution in [0.4, 0.5) is 0 Å². The zero-order valence-electron chi connectivity index (χ0n) is 15.1. The van der Waals surface area contributed by atoms with Crippen molar-refractivity contribution in [2.75, 3.05) is 0 Å². The zero-order chi connectivity index (χ0) is 17.4. The van der Waals surface area contributed by atoms with Gasteiger partial charge in [0.2, 0.25) is 0 Å². The normalized spacial score (nSPS) is 18.6. The molecule has 0 atom stereocenters. The van der Waals surface area contributed by atoms with Crippen LogP contribution in [0, 0.1) is 6.92 Å². The van der Waals surface area contributed by atoms with Gasteiger partial charge >= 0.3 is 7.12 Å². The van der Waals surface area contributed by atoms with Crippen molar-refractivity contribution in [3.05, 3.63) is 59.7 Å². The molecule has 1 aliphatic rings. The predicted octanol–water partition coefficient (Wildman–Crippen LogP) is 3.87. The van der Waals surface area contributed by atoms with Gasteiger partial charge in [-0.1, -0.05) is 42.0 Å². The summed E-state index contributed by atoms with van der Waals surface area (Å²) < 4.78 is 18.0. The number of hydrogen-bond donors (Lipinski definition) is 0. The molecule has 0 N–H and O–H groups in total. The Bertz CT molecular complexity index is 691. The summed E-state index contributed by atoms with van der Waals surface area (Å²) in [6.07, 6.45) is 0. The van der Waals surface area contributed by atoms with Crippen molar-refractivity contribution in [3.8, 4) is 5.75 Å². The molecule has 0 spiro atoms. The second-order valence-electron chi connectivity index (χ2n) is 7.44. The van der Waals surface area contributed by atoms with Gasteiger partial charge in [0, 0.05) is 0 Å². The number of benzene rings is 2. The molecule has 0 amide bonds. The van der Waals surface area contributed by atoms with E-state index in [9.17, 15) is 0 Å². The first-order chi connectivity index (χ1) is 11.3. The Balaban J connectivity index is 1.64. The maximum absolute atomic E-state index is 6.07. The van der Waals surface area contributed by atoms with E-state index in [1.54, 1.807) is 0 Å². The Morgan fingerprint density at radius 2 is 1.54 bits per heavy atom. The molecule has 1 fully saturated rings. The second kappa shape index (κ2) is 6.27. The van der Waals surface area contributed by atoms with Crippen molar-refractivity contribution in [2.24, 2.45) is 0 Å². The Labute approximate surface area is 145 Å². The van der Waals surface area contributed by atoms with E-state index in [2.05, 4.69) is 58.9 Å². The maximum Gasteiger partial charge on any atom is 0.494 e. The third kappa shape index (κ3) is 3.50. The molecule has 2 aromatic carbocycles. The molecule has 1 aliphatic heterocycles. The van der Waals surface area contributed by atoms with E-state index in [1.165, 1.54) is 11.1 Å². The lowest BCUT2D eigenvalue weighted by atomic mass is 9.79. The summed E-state index contributed by atoms with van der Waals surface area (Å²) in [6.45, 7) is 10.9. The Morgan fingerprint density at radius 3 is 2.12 bits per heavy atom. The summed E-state index contributed by atoms with van der Waals surface area (Å²) in [5.41, 5.74) is 2.78. The van der Waals surface area contributed by atoms with E-state index in [4.69, 9.17) is 14.0 Å². The third-order valence-corrected chi connectivity index (χ3v) is 4.89. The quantitative estimate of drug-likeness (QED) is 0.799. The molecule has 0 bridgehead atoms. The van der Waals surface area contributed by atoms with Gasteiger partial charge in [0.05, 0.1) is 11.2 Å². The van der Waals surface area contributed by atoms with Gasteiger partial charge in [0.1, 0.15) is 12.4 Å². The summed E-state index contributed by atoms with van der Waals surface area (Å²) in [5.74, 6) is 0.844. The monoisotopic (exact) mass is 324 g/mol. The molecule has 1 heterocycles. The van der Waals surface area contributed by atoms with Crippen molar-refractivity contribution in [2.45, 2.75) is 52.4 Å². The maximum atomic E-state index is 6.07. The fraction of sp³-hybridized carbons (Fsp3) is 0.400. The molecule has 4 heteroatoms. The van der Waals surface area contributed by atoms with Gasteiger partial charge in [-0.3, -0.25) is 0 Å². The van der Waals surface area contributed by atoms with E-state index in [0.717, 1.165) is 11.2 Å². The molecular formula is C20H25BO3. The topological polar surface area (TPSA) is 27.7 Å². The first-order valence-corrected chi connectivity index (χ1v) is 8.41. The van der Waals surface area contributed by atoms with Crippen LogP contribution < -0.4 is 10.2 Å². The number of rotatable bonds is 4. The smallest absolute Gasteiger partial charge is 0.489 e. The molecule has 24 heavy (non-hydrogen) atoms. The molecule has 2 aromatic rings. The van der Waals surface area contributed by atoms with Crippen LogP contribution in [0.3, 0.4) is 0 Å². The molecule has 0 radical (unpaired) electrons. The first kappa shape index (κ1) is 17.1. The average Bonchev–Trinajstić information content (AvgIpc) is 2.74. The Morgan fingerprint density at radius 1 is 0.917 bits per heavy atom. The van der Waals surface area contributed by atoms with Crippen LogP contribution in [0.2, 0.25) is 0 Å². The summed E-state index contributed by atoms with van der Waals surface area (Å²) in [7, 11) is -0.333. The van der Waals surface area contributed by atoms with E-state index < -0.39 is 0 Å². The van der Waals surface area contributed by atoms with Crippen LogP contribution in [0.1, 0.15) is 38.8 Å². The summed E-state index contributed by atoms with van der Waals surface area (Å²) in [4.78, 5) is 0. The second-order valence-corrected chi connectivity index (χ2v) is 7.44. The largest absolute Gasteiger partial charge is 0.494 e. The predicted molar refractivity (Wildman–Crippen MR) is 97.7 cm³/mol. The SMILES string of the molecule is Cc1cccc(COc2ccc(B3OC(C)(C)C(C)(C)O3)cc2)c1. The van der Waals surface area contributed by atoms with Crippen molar-refractivity contribution in [3.63, 3.8) is 0 Å². The standard InChI is InChI=1S/C20H25BO3/c1-15-7-6-8-16(13-15)14-22-18-11-9-17(10-12-18)21-23-19(2,3)20(4,5)24-21/h6-13H,14H2,1-5H3. The molecule has 0 aromatic heterocycles. The van der Waals surface area contributed by atoms with E-state index in [-0.39, 0.29) is 18.3 Å². The number of ether oxygens (including phenoxy) is 1. The minimum absolute atomic E-state index is 0.321. The van der Waals surface area contributed by atoms with Crippen LogP contribution in [-0.2, 0) is 15.9 Å². The van der Waals surface area contributed by atoms with E-state index in [0.29, 0.717) is 6.61 Å². The molecule has 126 valence electrons. The van der Waals surface area contributed by atoms with Crippen LogP contribution >= 0.6 is 0 Å². The Hall–Kier alpha value is -1.78. The molecule has 0 aliphatic carbocycles. The summed E-state index contributed by atoms with van der Waals surface area (Å²) in [5, 5.41) is 0. The van der Waals surface area contributed by atoms with Gasteiger partial charge in [0.25, 0.3) is 0 Å². The van der Waals surface area contributed by atoms with Gasteiger partial charge in [-0.25, -0.2) is 0 Å². The molecule has 0 saturated carbocycles. The van der Waals surface area contributed by atoms with Gasteiger partial charge in [-0.05, 0) is 57.8 Å². The highest BCUT2D eigenvalue weighted by Gasteiger charge is 2.51. The number of hydrogen-bond acceptors (Lipinski definition) is 3. The zero-order valence-corrected chi connectivity index (χ0v) is 15.1. The summed E-state index contributed by atoms with van der Waals surface area (Å²) in [6, 6.07) is 16.3. The highest BCUT2D eigenvalue weighted by atomic mass is 16.7. The Kier molecular flexibility index (Phi) is 4.45. The van der Waals surface area contributed by atoms with Crippen molar-refractivity contribution >= 4 is 12.6 Å². The first-order valence-electron chi connectivity index (χ1n) is 8.41. The minimum Gasteiger partial charge on any atom is -0.489 e. The highest BCUT2D eigenvalue weighted by Crippen LogP contribution is 2.36. The molecular weight excluding hydrogens is 299 g/mol. The molecule has 0 unspecified atom stereocenters. The van der Waals surface area contributed by atoms with Gasteiger partial charge < -0.3 is 14.0 Å². The molecule has 3 nitrogen and oxygen atoms in total. The average molecular weight is 324 g/mol. The minimum atomic E-state index is -0.333. The van der Waals surface area contributed by atoms with Crippen molar-refractivity contribution in [1.29, 1.82) is 0 Å². The lowest BCUT2D eigenvalue weighted by molar-refractivity contribution is 0.00578. The van der Waals surface area contributed by atoms with Crippen LogP contribution in [-0.4, -0.2) is 18.3 Å². The lowest BCUT2D eigenvalue weighted by Crippen LogP contribution is -2.41. The fourth-order valence-electron chi connectivity index (χ4n) is 2.67. The van der Waals surface area contributed by atoms with Crippen LogP contribution in [0.25, 0.3) is 0 Å². The van der Waals surface area contributed by atoms with Crippen LogP contribution in [0.5, 0.6) is 5.75 Å². The van der Waals surface area contributed by atoms with Gasteiger partial charge in [-0.15, -0.1) is 0 Å². The number of aryl methyl sites for hydroxylation is 1. The lowest BCUT2D eigenvalue weighted by Gasteiger charge is -2.32. The van der Waals surface area contributed by atoms with Gasteiger partial charge in [0.15, 0.2) is 0 Å². The van der Waals surface area contributed by atoms with Crippen molar-refractivity contribution in [1.82, 2.24) is 0 Å². The van der Waals surface area contributed by atoms with Crippen LogP contribution in [0.15, 0.2) is 48.5 Å². The highest BCUT2D eigenvalue weighted by molar-refractivity contribution is 6.62. The van der Waals surface area contributed by atoms with E-state index >= 15 is 0 Å². The molecule has 1 saturated heterocycles. The third-order valence-electron chi connectivity index (χ3n) is 4.89. The molecule has 3 rings (SSSR count).